The fourth-order valence-corrected chi connectivity index (χ4v) is 3.34. The van der Waals surface area contributed by atoms with Crippen molar-refractivity contribution >= 4 is 46.7 Å². The van der Waals surface area contributed by atoms with Crippen LogP contribution in [-0.2, 0) is 19.1 Å². The lowest BCUT2D eigenvalue weighted by Gasteiger charge is -2.15. The number of rotatable bonds is 10. The number of carbonyl (C=O) groups excluding carboxylic acids is 4. The van der Waals surface area contributed by atoms with Gasteiger partial charge in [0.1, 0.15) is 10.7 Å². The zero-order valence-electron chi connectivity index (χ0n) is 18.9. The number of nitrogens with zero attached hydrogens (tertiary/aromatic N) is 1. The molecule has 1 N–H and O–H groups in total. The number of unbranched alkanes of at least 4 members (excludes halogenated alkanes) is 1. The topological polar surface area (TPSA) is 102 Å². The molecule has 1 aliphatic heterocycles. The van der Waals surface area contributed by atoms with Gasteiger partial charge in [-0.2, -0.15) is 0 Å². The van der Waals surface area contributed by atoms with Crippen LogP contribution in [0.1, 0.15) is 53.8 Å². The molecule has 0 aliphatic carbocycles. The van der Waals surface area contributed by atoms with Crippen molar-refractivity contribution in [2.45, 2.75) is 33.1 Å². The smallest absolute Gasteiger partial charge is 0.338 e. The van der Waals surface area contributed by atoms with Gasteiger partial charge in [-0.1, -0.05) is 37.9 Å². The summed E-state index contributed by atoms with van der Waals surface area (Å²) in [7, 11) is 0. The number of carbonyl (C=O) groups is 4. The highest BCUT2D eigenvalue weighted by atomic mass is 35.5. The average Bonchev–Trinajstić information content (AvgIpc) is 3.06. The number of anilines is 2. The number of benzene rings is 2. The lowest BCUT2D eigenvalue weighted by atomic mass is 10.2. The molecule has 2 aromatic rings. The van der Waals surface area contributed by atoms with Gasteiger partial charge < -0.3 is 14.8 Å². The number of amides is 2. The minimum atomic E-state index is -0.703. The fourth-order valence-electron chi connectivity index (χ4n) is 3.13. The zero-order valence-corrected chi connectivity index (χ0v) is 19.7. The molecule has 0 spiro atoms. The van der Waals surface area contributed by atoms with Crippen LogP contribution in [-0.4, -0.2) is 37.0 Å². The Kier molecular flexibility index (Phi) is 8.43. The van der Waals surface area contributed by atoms with Crippen molar-refractivity contribution in [2.24, 2.45) is 0 Å². The summed E-state index contributed by atoms with van der Waals surface area (Å²) in [5, 5.41) is 2.55. The predicted octanol–water partition coefficient (Wildman–Crippen LogP) is 4.65. The molecule has 9 heteroatoms. The molecule has 0 saturated carbocycles. The highest BCUT2D eigenvalue weighted by Gasteiger charge is 2.39. The van der Waals surface area contributed by atoms with E-state index in [4.69, 9.17) is 21.1 Å². The monoisotopic (exact) mass is 484 g/mol. The van der Waals surface area contributed by atoms with Crippen LogP contribution >= 0.6 is 11.6 Å². The third kappa shape index (κ3) is 5.63. The molecular weight excluding hydrogens is 460 g/mol. The van der Waals surface area contributed by atoms with Crippen molar-refractivity contribution in [3.63, 3.8) is 0 Å². The Morgan fingerprint density at radius 1 is 0.882 bits per heavy atom. The van der Waals surface area contributed by atoms with Gasteiger partial charge in [-0.05, 0) is 55.3 Å². The van der Waals surface area contributed by atoms with Gasteiger partial charge in [0.15, 0.2) is 0 Å². The van der Waals surface area contributed by atoms with Gasteiger partial charge >= 0.3 is 11.9 Å². The molecule has 0 unspecified atom stereocenters. The zero-order chi connectivity index (χ0) is 24.7. The van der Waals surface area contributed by atoms with E-state index in [1.54, 1.807) is 18.2 Å². The molecule has 0 radical (unpaired) electrons. The quantitative estimate of drug-likeness (QED) is 0.297. The van der Waals surface area contributed by atoms with Gasteiger partial charge in [0.25, 0.3) is 11.8 Å². The second-order valence-corrected chi connectivity index (χ2v) is 7.89. The van der Waals surface area contributed by atoms with E-state index in [0.717, 1.165) is 17.7 Å². The van der Waals surface area contributed by atoms with E-state index in [0.29, 0.717) is 36.4 Å². The predicted molar refractivity (Wildman–Crippen MR) is 128 cm³/mol. The molecule has 0 aromatic heterocycles. The number of nitrogens with one attached hydrogen (secondary N) is 1. The molecule has 0 bridgehead atoms. The van der Waals surface area contributed by atoms with Gasteiger partial charge in [0.2, 0.25) is 0 Å². The average molecular weight is 485 g/mol. The van der Waals surface area contributed by atoms with Crippen molar-refractivity contribution in [1.82, 2.24) is 0 Å². The molecule has 2 amide bonds. The Morgan fingerprint density at radius 2 is 1.56 bits per heavy atom. The Hall–Kier alpha value is -3.65. The van der Waals surface area contributed by atoms with Crippen molar-refractivity contribution in [3.05, 3.63) is 70.4 Å². The first kappa shape index (κ1) is 25.0. The first-order chi connectivity index (χ1) is 16.4. The van der Waals surface area contributed by atoms with Gasteiger partial charge in [-0.15, -0.1) is 0 Å². The normalized spacial score (nSPS) is 13.3. The van der Waals surface area contributed by atoms with Crippen molar-refractivity contribution in [1.29, 1.82) is 0 Å². The van der Waals surface area contributed by atoms with Gasteiger partial charge in [-0.25, -0.2) is 14.5 Å². The highest BCUT2D eigenvalue weighted by Crippen LogP contribution is 2.30. The number of hydrogen-bond donors (Lipinski definition) is 1. The summed E-state index contributed by atoms with van der Waals surface area (Å²) >= 11 is 6.18. The summed E-state index contributed by atoms with van der Waals surface area (Å²) in [5.41, 5.74) is 1.14. The van der Waals surface area contributed by atoms with Crippen LogP contribution in [0.15, 0.2) is 59.3 Å². The lowest BCUT2D eigenvalue weighted by Crippen LogP contribution is -2.32. The Bertz CT molecular complexity index is 1130. The molecule has 34 heavy (non-hydrogen) atoms. The maximum absolute atomic E-state index is 13.0. The SMILES string of the molecule is CCCCOC(=O)c1ccc(N2C(=O)C(Cl)=C(Nc3cccc(C(=O)OCCC)c3)C2=O)cc1. The molecule has 0 saturated heterocycles. The summed E-state index contributed by atoms with van der Waals surface area (Å²) in [4.78, 5) is 50.8. The van der Waals surface area contributed by atoms with Gasteiger partial charge in [-0.3, -0.25) is 9.59 Å². The van der Waals surface area contributed by atoms with E-state index in [2.05, 4.69) is 5.32 Å². The third-order valence-electron chi connectivity index (χ3n) is 4.92. The van der Waals surface area contributed by atoms with Crippen LogP contribution < -0.4 is 10.2 Å². The molecular formula is C25H25ClN2O6. The Morgan fingerprint density at radius 3 is 2.24 bits per heavy atom. The summed E-state index contributed by atoms with van der Waals surface area (Å²) in [5.74, 6) is -2.33. The maximum Gasteiger partial charge on any atom is 0.338 e. The van der Waals surface area contributed by atoms with E-state index in [9.17, 15) is 19.2 Å². The Balaban J connectivity index is 1.74. The number of hydrogen-bond acceptors (Lipinski definition) is 7. The molecule has 2 aromatic carbocycles. The fraction of sp³-hybridized carbons (Fsp3) is 0.280. The molecule has 1 heterocycles. The third-order valence-corrected chi connectivity index (χ3v) is 5.28. The number of esters is 2. The van der Waals surface area contributed by atoms with Crippen molar-refractivity contribution in [2.75, 3.05) is 23.4 Å². The minimum absolute atomic E-state index is 0.117. The number of imide groups is 1. The van der Waals surface area contributed by atoms with E-state index in [-0.39, 0.29) is 16.4 Å². The molecule has 0 atom stereocenters. The molecule has 8 nitrogen and oxygen atoms in total. The highest BCUT2D eigenvalue weighted by molar-refractivity contribution is 6.53. The maximum atomic E-state index is 13.0. The lowest BCUT2D eigenvalue weighted by molar-refractivity contribution is -0.120. The van der Waals surface area contributed by atoms with Crippen molar-refractivity contribution in [3.8, 4) is 0 Å². The van der Waals surface area contributed by atoms with E-state index in [1.807, 2.05) is 13.8 Å². The molecule has 0 fully saturated rings. The van der Waals surface area contributed by atoms with Crippen LogP contribution in [0.5, 0.6) is 0 Å². The van der Waals surface area contributed by atoms with Crippen LogP contribution in [0.2, 0.25) is 0 Å². The van der Waals surface area contributed by atoms with Gasteiger partial charge in [0, 0.05) is 5.69 Å². The summed E-state index contributed by atoms with van der Waals surface area (Å²) in [6.07, 6.45) is 2.37. The largest absolute Gasteiger partial charge is 0.462 e. The molecule has 178 valence electrons. The van der Waals surface area contributed by atoms with Crippen LogP contribution in [0, 0.1) is 0 Å². The first-order valence-electron chi connectivity index (χ1n) is 11.0. The number of ether oxygens (including phenoxy) is 2. The minimum Gasteiger partial charge on any atom is -0.462 e. The van der Waals surface area contributed by atoms with Gasteiger partial charge in [0.05, 0.1) is 30.0 Å². The number of halogens is 1. The van der Waals surface area contributed by atoms with E-state index >= 15 is 0 Å². The second kappa shape index (κ2) is 11.5. The van der Waals surface area contributed by atoms with Crippen molar-refractivity contribution < 1.29 is 28.7 Å². The van der Waals surface area contributed by atoms with E-state index < -0.39 is 23.8 Å². The summed E-state index contributed by atoms with van der Waals surface area (Å²) in [6.45, 7) is 4.51. The van der Waals surface area contributed by atoms with Crippen LogP contribution in [0.3, 0.4) is 0 Å². The summed E-state index contributed by atoms with van der Waals surface area (Å²) < 4.78 is 10.3. The van der Waals surface area contributed by atoms with Crippen LogP contribution in [0.4, 0.5) is 11.4 Å². The van der Waals surface area contributed by atoms with Crippen LogP contribution in [0.25, 0.3) is 0 Å². The van der Waals surface area contributed by atoms with E-state index in [1.165, 1.54) is 30.3 Å². The summed E-state index contributed by atoms with van der Waals surface area (Å²) in [6, 6.07) is 12.3. The molecule has 1 aliphatic rings. The Labute approximate surface area is 202 Å². The first-order valence-corrected chi connectivity index (χ1v) is 11.3. The molecule has 3 rings (SSSR count). The second-order valence-electron chi connectivity index (χ2n) is 7.51. The standard InChI is InChI=1S/C25H25ClN2O6/c1-3-5-14-34-24(31)16-9-11-19(12-10-16)28-22(29)20(26)21(23(28)30)27-18-8-6-7-17(15-18)25(32)33-13-4-2/h6-12,15,27H,3-5,13-14H2,1-2H3.